The first-order chi connectivity index (χ1) is 6.33. The van der Waals surface area contributed by atoms with Crippen LogP contribution in [0.2, 0.25) is 0 Å². The molecular weight excluding hydrogens is 169 g/mol. The molecule has 3 heteroatoms. The monoisotopic (exact) mass is 179 g/mol. The molecule has 0 aliphatic heterocycles. The van der Waals surface area contributed by atoms with Gasteiger partial charge in [0.25, 0.3) is 0 Å². The average Bonchev–Trinajstić information content (AvgIpc) is 2.51. The van der Waals surface area contributed by atoms with Gasteiger partial charge in [-0.05, 0) is 19.2 Å². The molecule has 0 aliphatic carbocycles. The van der Waals surface area contributed by atoms with Gasteiger partial charge in [-0.1, -0.05) is 6.07 Å². The second-order valence-corrected chi connectivity index (χ2v) is 2.90. The van der Waals surface area contributed by atoms with E-state index in [9.17, 15) is 4.39 Å². The molecule has 2 aromatic rings. The van der Waals surface area contributed by atoms with Crippen LogP contribution >= 0.6 is 0 Å². The Kier molecular flexibility index (Phi) is 2.02. The van der Waals surface area contributed by atoms with Crippen LogP contribution in [0.4, 0.5) is 4.39 Å². The Labute approximate surface area is 75.4 Å². The van der Waals surface area contributed by atoms with Gasteiger partial charge in [0.2, 0.25) is 0 Å². The van der Waals surface area contributed by atoms with Crippen molar-refractivity contribution in [1.29, 1.82) is 0 Å². The maximum atomic E-state index is 13.3. The Morgan fingerprint density at radius 1 is 1.46 bits per heavy atom. The predicted molar refractivity (Wildman–Crippen MR) is 48.9 cm³/mol. The van der Waals surface area contributed by atoms with E-state index >= 15 is 0 Å². The van der Waals surface area contributed by atoms with Crippen LogP contribution in [0.25, 0.3) is 11.0 Å². The van der Waals surface area contributed by atoms with E-state index < -0.39 is 0 Å². The molecule has 0 spiro atoms. The summed E-state index contributed by atoms with van der Waals surface area (Å²) in [4.78, 5) is 0. The van der Waals surface area contributed by atoms with E-state index in [1.54, 1.807) is 18.4 Å². The van der Waals surface area contributed by atoms with Crippen molar-refractivity contribution < 1.29 is 8.81 Å². The lowest BCUT2D eigenvalue weighted by Crippen LogP contribution is -2.04. The Hall–Kier alpha value is -1.35. The lowest BCUT2D eigenvalue weighted by atomic mass is 10.1. The summed E-state index contributed by atoms with van der Waals surface area (Å²) < 4.78 is 18.5. The average molecular weight is 179 g/mol. The zero-order valence-electron chi connectivity index (χ0n) is 7.30. The van der Waals surface area contributed by atoms with Crippen LogP contribution < -0.4 is 5.32 Å². The number of nitrogens with one attached hydrogen (secondary N) is 1. The van der Waals surface area contributed by atoms with E-state index in [4.69, 9.17) is 4.42 Å². The van der Waals surface area contributed by atoms with Gasteiger partial charge in [-0.2, -0.15) is 0 Å². The number of rotatable bonds is 2. The lowest BCUT2D eigenvalue weighted by Gasteiger charge is -1.96. The van der Waals surface area contributed by atoms with Gasteiger partial charge < -0.3 is 9.73 Å². The van der Waals surface area contributed by atoms with Crippen LogP contribution in [-0.2, 0) is 6.54 Å². The first-order valence-electron chi connectivity index (χ1n) is 4.12. The molecule has 0 atom stereocenters. The van der Waals surface area contributed by atoms with Crippen LogP contribution in [-0.4, -0.2) is 7.05 Å². The Morgan fingerprint density at radius 3 is 3.08 bits per heavy atom. The smallest absolute Gasteiger partial charge is 0.137 e. The second-order valence-electron chi connectivity index (χ2n) is 2.90. The fourth-order valence-electron chi connectivity index (χ4n) is 1.43. The fourth-order valence-corrected chi connectivity index (χ4v) is 1.43. The van der Waals surface area contributed by atoms with Crippen molar-refractivity contribution in [3.05, 3.63) is 35.8 Å². The van der Waals surface area contributed by atoms with E-state index in [0.717, 1.165) is 5.56 Å². The molecule has 2 nitrogen and oxygen atoms in total. The van der Waals surface area contributed by atoms with Crippen molar-refractivity contribution in [3.63, 3.8) is 0 Å². The minimum absolute atomic E-state index is 0.225. The molecule has 0 unspecified atom stereocenters. The summed E-state index contributed by atoms with van der Waals surface area (Å²) in [6.45, 7) is 0.619. The highest BCUT2D eigenvalue weighted by atomic mass is 19.1. The van der Waals surface area contributed by atoms with Gasteiger partial charge in [-0.15, -0.1) is 0 Å². The van der Waals surface area contributed by atoms with Crippen molar-refractivity contribution in [2.45, 2.75) is 6.54 Å². The summed E-state index contributed by atoms with van der Waals surface area (Å²) in [7, 11) is 1.82. The highest BCUT2D eigenvalue weighted by molar-refractivity contribution is 5.81. The third kappa shape index (κ3) is 1.31. The Balaban J connectivity index is 2.64. The Morgan fingerprint density at radius 2 is 2.31 bits per heavy atom. The molecule has 0 saturated heterocycles. The quantitative estimate of drug-likeness (QED) is 0.765. The largest absolute Gasteiger partial charge is 0.464 e. The van der Waals surface area contributed by atoms with Crippen LogP contribution in [0.1, 0.15) is 5.56 Å². The normalized spacial score (nSPS) is 10.9. The zero-order valence-corrected chi connectivity index (χ0v) is 7.30. The van der Waals surface area contributed by atoms with Crippen molar-refractivity contribution in [2.24, 2.45) is 0 Å². The molecule has 1 heterocycles. The van der Waals surface area contributed by atoms with Gasteiger partial charge in [-0.3, -0.25) is 0 Å². The molecule has 0 radical (unpaired) electrons. The standard InChI is InChI=1S/C10H10FNO/c1-12-5-7-6-13-9-4-2-3-8(11)10(7)9/h2-4,6,12H,5H2,1H3. The predicted octanol–water partition coefficient (Wildman–Crippen LogP) is 2.29. The van der Waals surface area contributed by atoms with Gasteiger partial charge in [0.15, 0.2) is 0 Å². The maximum Gasteiger partial charge on any atom is 0.137 e. The molecule has 2 rings (SSSR count). The first kappa shape index (κ1) is 8.26. The van der Waals surface area contributed by atoms with Crippen molar-refractivity contribution >= 4 is 11.0 Å². The maximum absolute atomic E-state index is 13.3. The van der Waals surface area contributed by atoms with E-state index in [1.807, 2.05) is 7.05 Å². The van der Waals surface area contributed by atoms with E-state index in [2.05, 4.69) is 5.32 Å². The lowest BCUT2D eigenvalue weighted by molar-refractivity contribution is 0.605. The highest BCUT2D eigenvalue weighted by Crippen LogP contribution is 2.23. The number of fused-ring (bicyclic) bond motifs is 1. The molecule has 1 aromatic heterocycles. The van der Waals surface area contributed by atoms with Crippen LogP contribution in [0.3, 0.4) is 0 Å². The molecule has 0 amide bonds. The topological polar surface area (TPSA) is 25.2 Å². The van der Waals surface area contributed by atoms with Gasteiger partial charge >= 0.3 is 0 Å². The molecule has 13 heavy (non-hydrogen) atoms. The summed E-state index contributed by atoms with van der Waals surface area (Å²) in [6, 6.07) is 4.85. The van der Waals surface area contributed by atoms with E-state index in [1.165, 1.54) is 6.07 Å². The molecule has 1 N–H and O–H groups in total. The number of benzene rings is 1. The number of hydrogen-bond acceptors (Lipinski definition) is 2. The van der Waals surface area contributed by atoms with Crippen LogP contribution in [0.15, 0.2) is 28.9 Å². The summed E-state index contributed by atoms with van der Waals surface area (Å²) in [5, 5.41) is 3.54. The first-order valence-corrected chi connectivity index (χ1v) is 4.12. The van der Waals surface area contributed by atoms with Crippen molar-refractivity contribution in [2.75, 3.05) is 7.05 Å². The molecular formula is C10H10FNO. The molecule has 0 bridgehead atoms. The molecule has 1 aromatic carbocycles. The van der Waals surface area contributed by atoms with Gasteiger partial charge in [0.05, 0.1) is 11.6 Å². The zero-order chi connectivity index (χ0) is 9.26. The molecule has 68 valence electrons. The number of halogens is 1. The minimum Gasteiger partial charge on any atom is -0.464 e. The Bertz CT molecular complexity index is 422. The molecule has 0 saturated carbocycles. The molecule has 0 fully saturated rings. The van der Waals surface area contributed by atoms with Crippen LogP contribution in [0.5, 0.6) is 0 Å². The summed E-state index contributed by atoms with van der Waals surface area (Å²) in [6.07, 6.45) is 1.59. The minimum atomic E-state index is -0.225. The summed E-state index contributed by atoms with van der Waals surface area (Å²) in [5.41, 5.74) is 1.46. The fraction of sp³-hybridized carbons (Fsp3) is 0.200. The second kappa shape index (κ2) is 3.18. The van der Waals surface area contributed by atoms with Gasteiger partial charge in [-0.25, -0.2) is 4.39 Å². The van der Waals surface area contributed by atoms with E-state index in [-0.39, 0.29) is 5.82 Å². The SMILES string of the molecule is CNCc1coc2cccc(F)c12. The highest BCUT2D eigenvalue weighted by Gasteiger charge is 2.08. The number of furan rings is 1. The third-order valence-electron chi connectivity index (χ3n) is 1.99. The van der Waals surface area contributed by atoms with E-state index in [0.29, 0.717) is 17.5 Å². The summed E-state index contributed by atoms with van der Waals surface area (Å²) >= 11 is 0. The molecule has 0 aliphatic rings. The van der Waals surface area contributed by atoms with Gasteiger partial charge in [0.1, 0.15) is 11.4 Å². The van der Waals surface area contributed by atoms with Crippen molar-refractivity contribution in [1.82, 2.24) is 5.32 Å². The van der Waals surface area contributed by atoms with Crippen molar-refractivity contribution in [3.8, 4) is 0 Å². The number of hydrogen-bond donors (Lipinski definition) is 1. The van der Waals surface area contributed by atoms with Crippen LogP contribution in [0, 0.1) is 5.82 Å². The van der Waals surface area contributed by atoms with Gasteiger partial charge in [0, 0.05) is 12.1 Å². The third-order valence-corrected chi connectivity index (χ3v) is 1.99. The summed E-state index contributed by atoms with van der Waals surface area (Å²) in [5.74, 6) is -0.225.